The standard InChI is InChI=1S/C18H25N5O2/c1-14-12-16(25-3)20-18(19-14)23-10-8-22(9-11-23)17(24)13-15(2)21-6-4-5-7-21/h4-7,12,15H,8-11,13H2,1-3H3. The smallest absolute Gasteiger partial charge is 0.228 e. The van der Waals surface area contributed by atoms with Gasteiger partial charge in [-0.15, -0.1) is 0 Å². The molecule has 2 aromatic heterocycles. The van der Waals surface area contributed by atoms with Crippen LogP contribution in [0.3, 0.4) is 0 Å². The molecule has 1 unspecified atom stereocenters. The van der Waals surface area contributed by atoms with E-state index in [0.717, 1.165) is 18.8 Å². The molecule has 1 saturated heterocycles. The fraction of sp³-hybridized carbons (Fsp3) is 0.500. The maximum absolute atomic E-state index is 12.5. The van der Waals surface area contributed by atoms with Gasteiger partial charge in [0.05, 0.1) is 7.11 Å². The van der Waals surface area contributed by atoms with Crippen LogP contribution in [0.4, 0.5) is 5.95 Å². The maximum atomic E-state index is 12.5. The van der Waals surface area contributed by atoms with Crippen molar-refractivity contribution in [3.05, 3.63) is 36.3 Å². The van der Waals surface area contributed by atoms with E-state index in [1.807, 2.05) is 42.4 Å². The van der Waals surface area contributed by atoms with Crippen LogP contribution in [-0.4, -0.2) is 58.6 Å². The average Bonchev–Trinajstić information content (AvgIpc) is 3.16. The van der Waals surface area contributed by atoms with Gasteiger partial charge in [0.1, 0.15) is 0 Å². The number of aryl methyl sites for hydroxylation is 1. The molecule has 0 spiro atoms. The zero-order chi connectivity index (χ0) is 17.8. The third kappa shape index (κ3) is 4.10. The molecule has 134 valence electrons. The van der Waals surface area contributed by atoms with Gasteiger partial charge >= 0.3 is 0 Å². The summed E-state index contributed by atoms with van der Waals surface area (Å²) in [5, 5.41) is 0. The molecular weight excluding hydrogens is 318 g/mol. The number of carbonyl (C=O) groups excluding carboxylic acids is 1. The van der Waals surface area contributed by atoms with Crippen molar-refractivity contribution in [2.75, 3.05) is 38.2 Å². The molecule has 1 aliphatic heterocycles. The molecule has 25 heavy (non-hydrogen) atoms. The number of hydrogen-bond donors (Lipinski definition) is 0. The minimum atomic E-state index is 0.171. The number of aromatic nitrogens is 3. The van der Waals surface area contributed by atoms with Gasteiger partial charge in [-0.2, -0.15) is 4.98 Å². The summed E-state index contributed by atoms with van der Waals surface area (Å²) in [7, 11) is 1.61. The van der Waals surface area contributed by atoms with Crippen LogP contribution in [-0.2, 0) is 4.79 Å². The summed E-state index contributed by atoms with van der Waals surface area (Å²) in [6.45, 7) is 6.84. The Labute approximate surface area is 148 Å². The van der Waals surface area contributed by atoms with Gasteiger partial charge in [-0.05, 0) is 26.0 Å². The van der Waals surface area contributed by atoms with Gasteiger partial charge in [0.25, 0.3) is 0 Å². The number of hydrogen-bond acceptors (Lipinski definition) is 5. The van der Waals surface area contributed by atoms with Crippen molar-refractivity contribution in [2.45, 2.75) is 26.3 Å². The van der Waals surface area contributed by atoms with Crippen molar-refractivity contribution in [1.82, 2.24) is 19.4 Å². The molecule has 3 rings (SSSR count). The Morgan fingerprint density at radius 1 is 1.20 bits per heavy atom. The highest BCUT2D eigenvalue weighted by Crippen LogP contribution is 2.18. The molecule has 0 saturated carbocycles. The fourth-order valence-electron chi connectivity index (χ4n) is 3.06. The van der Waals surface area contributed by atoms with E-state index in [1.165, 1.54) is 0 Å². The van der Waals surface area contributed by atoms with E-state index in [4.69, 9.17) is 4.74 Å². The van der Waals surface area contributed by atoms with Gasteiger partial charge in [0.2, 0.25) is 17.7 Å². The first kappa shape index (κ1) is 17.3. The lowest BCUT2D eigenvalue weighted by atomic mass is 10.2. The topological polar surface area (TPSA) is 63.5 Å². The summed E-state index contributed by atoms with van der Waals surface area (Å²) < 4.78 is 7.29. The number of methoxy groups -OCH3 is 1. The Hall–Kier alpha value is -2.57. The van der Waals surface area contributed by atoms with Crippen LogP contribution in [0.25, 0.3) is 0 Å². The number of ether oxygens (including phenoxy) is 1. The molecule has 0 N–H and O–H groups in total. The fourth-order valence-corrected chi connectivity index (χ4v) is 3.06. The van der Waals surface area contributed by atoms with Gasteiger partial charge in [0, 0.05) is 62.8 Å². The lowest BCUT2D eigenvalue weighted by Crippen LogP contribution is -2.49. The minimum Gasteiger partial charge on any atom is -0.481 e. The zero-order valence-corrected chi connectivity index (χ0v) is 15.1. The van der Waals surface area contributed by atoms with E-state index in [1.54, 1.807) is 7.11 Å². The van der Waals surface area contributed by atoms with Gasteiger partial charge < -0.3 is 19.1 Å². The molecule has 2 aromatic rings. The van der Waals surface area contributed by atoms with E-state index in [-0.39, 0.29) is 11.9 Å². The number of amides is 1. The molecule has 0 aliphatic carbocycles. The van der Waals surface area contributed by atoms with Gasteiger partial charge in [-0.1, -0.05) is 0 Å². The lowest BCUT2D eigenvalue weighted by molar-refractivity contribution is -0.132. The van der Waals surface area contributed by atoms with Gasteiger partial charge in [0.15, 0.2) is 0 Å². The molecule has 1 amide bonds. The van der Waals surface area contributed by atoms with Crippen LogP contribution in [0.5, 0.6) is 5.88 Å². The maximum Gasteiger partial charge on any atom is 0.228 e. The second kappa shape index (κ2) is 7.55. The number of rotatable bonds is 5. The van der Waals surface area contributed by atoms with E-state index in [2.05, 4.69) is 26.4 Å². The Bertz CT molecular complexity index is 708. The highest BCUT2D eigenvalue weighted by Gasteiger charge is 2.24. The predicted molar refractivity (Wildman–Crippen MR) is 95.9 cm³/mol. The predicted octanol–water partition coefficient (Wildman–Crippen LogP) is 1.90. The first-order chi connectivity index (χ1) is 12.1. The second-order valence-electron chi connectivity index (χ2n) is 6.40. The molecule has 0 aromatic carbocycles. The first-order valence-corrected chi connectivity index (χ1v) is 8.61. The van der Waals surface area contributed by atoms with Crippen LogP contribution in [0, 0.1) is 6.92 Å². The highest BCUT2D eigenvalue weighted by atomic mass is 16.5. The quantitative estimate of drug-likeness (QED) is 0.830. The van der Waals surface area contributed by atoms with E-state index >= 15 is 0 Å². The van der Waals surface area contributed by atoms with Crippen LogP contribution in [0.2, 0.25) is 0 Å². The highest BCUT2D eigenvalue weighted by molar-refractivity contribution is 5.77. The summed E-state index contributed by atoms with van der Waals surface area (Å²) in [5.41, 5.74) is 0.876. The monoisotopic (exact) mass is 343 g/mol. The van der Waals surface area contributed by atoms with Gasteiger partial charge in [-0.25, -0.2) is 4.98 Å². The third-order valence-electron chi connectivity index (χ3n) is 4.55. The number of anilines is 1. The summed E-state index contributed by atoms with van der Waals surface area (Å²) in [5.74, 6) is 1.44. The van der Waals surface area contributed by atoms with Crippen LogP contribution >= 0.6 is 0 Å². The summed E-state index contributed by atoms with van der Waals surface area (Å²) in [6.07, 6.45) is 4.51. The van der Waals surface area contributed by atoms with Crippen molar-refractivity contribution >= 4 is 11.9 Å². The van der Waals surface area contributed by atoms with Crippen molar-refractivity contribution in [3.8, 4) is 5.88 Å². The van der Waals surface area contributed by atoms with Crippen molar-refractivity contribution in [3.63, 3.8) is 0 Å². The third-order valence-corrected chi connectivity index (χ3v) is 4.55. The van der Waals surface area contributed by atoms with E-state index < -0.39 is 0 Å². The Kier molecular flexibility index (Phi) is 5.21. The van der Waals surface area contributed by atoms with Crippen LogP contribution in [0.1, 0.15) is 25.1 Å². The molecule has 1 fully saturated rings. The molecule has 0 bridgehead atoms. The molecular formula is C18H25N5O2. The number of carbonyl (C=O) groups is 1. The molecule has 1 atom stereocenters. The summed E-state index contributed by atoms with van der Waals surface area (Å²) in [6, 6.07) is 5.95. The average molecular weight is 343 g/mol. The van der Waals surface area contributed by atoms with Crippen LogP contribution in [0.15, 0.2) is 30.6 Å². The Morgan fingerprint density at radius 2 is 1.88 bits per heavy atom. The van der Waals surface area contributed by atoms with Crippen LogP contribution < -0.4 is 9.64 Å². The largest absolute Gasteiger partial charge is 0.481 e. The Morgan fingerprint density at radius 3 is 2.52 bits per heavy atom. The van der Waals surface area contributed by atoms with Crippen molar-refractivity contribution in [2.24, 2.45) is 0 Å². The van der Waals surface area contributed by atoms with Crippen molar-refractivity contribution < 1.29 is 9.53 Å². The van der Waals surface area contributed by atoms with Crippen molar-refractivity contribution in [1.29, 1.82) is 0 Å². The SMILES string of the molecule is COc1cc(C)nc(N2CCN(C(=O)CC(C)n3cccc3)CC2)n1. The summed E-state index contributed by atoms with van der Waals surface area (Å²) in [4.78, 5) is 25.5. The normalized spacial score (nSPS) is 16.0. The van der Waals surface area contributed by atoms with E-state index in [9.17, 15) is 4.79 Å². The molecule has 0 radical (unpaired) electrons. The number of piperazine rings is 1. The first-order valence-electron chi connectivity index (χ1n) is 8.61. The molecule has 7 heteroatoms. The van der Waals surface area contributed by atoms with E-state index in [0.29, 0.717) is 31.3 Å². The molecule has 3 heterocycles. The zero-order valence-electron chi connectivity index (χ0n) is 15.1. The van der Waals surface area contributed by atoms with Gasteiger partial charge in [-0.3, -0.25) is 4.79 Å². The Balaban J connectivity index is 1.56. The summed E-state index contributed by atoms with van der Waals surface area (Å²) >= 11 is 0. The minimum absolute atomic E-state index is 0.171. The number of nitrogens with zero attached hydrogens (tertiary/aromatic N) is 5. The molecule has 7 nitrogen and oxygen atoms in total. The lowest BCUT2D eigenvalue weighted by Gasteiger charge is -2.35. The second-order valence-corrected chi connectivity index (χ2v) is 6.40. The molecule has 1 aliphatic rings.